The van der Waals surface area contributed by atoms with Crippen molar-refractivity contribution in [2.75, 3.05) is 5.32 Å². The quantitative estimate of drug-likeness (QED) is 0.704. The number of anilines is 1. The normalized spacial score (nSPS) is 16.3. The van der Waals surface area contributed by atoms with Gasteiger partial charge >= 0.3 is 6.03 Å². The van der Waals surface area contributed by atoms with Gasteiger partial charge < -0.3 is 15.7 Å². The van der Waals surface area contributed by atoms with Crippen LogP contribution >= 0.6 is 0 Å². The zero-order valence-corrected chi connectivity index (χ0v) is 10.7. The second-order valence-corrected chi connectivity index (χ2v) is 4.95. The van der Waals surface area contributed by atoms with E-state index >= 15 is 0 Å². The van der Waals surface area contributed by atoms with Gasteiger partial charge in [0.1, 0.15) is 5.75 Å². The SMILES string of the molecule is Cc1ccc(O)c(NC(=O)NC2CCCCC2)c1. The average molecular weight is 248 g/mol. The van der Waals surface area contributed by atoms with E-state index in [1.54, 1.807) is 18.2 Å². The molecule has 0 atom stereocenters. The van der Waals surface area contributed by atoms with Crippen molar-refractivity contribution >= 4 is 11.7 Å². The van der Waals surface area contributed by atoms with Gasteiger partial charge in [0.15, 0.2) is 0 Å². The molecule has 1 saturated carbocycles. The monoisotopic (exact) mass is 248 g/mol. The number of hydrogen-bond donors (Lipinski definition) is 3. The number of aryl methyl sites for hydroxylation is 1. The van der Waals surface area contributed by atoms with Crippen molar-refractivity contribution in [2.45, 2.75) is 45.1 Å². The molecule has 0 aliphatic heterocycles. The predicted octanol–water partition coefficient (Wildman–Crippen LogP) is 3.15. The summed E-state index contributed by atoms with van der Waals surface area (Å²) in [5.74, 6) is 0.0967. The lowest BCUT2D eigenvalue weighted by Gasteiger charge is -2.23. The molecular weight excluding hydrogens is 228 g/mol. The number of phenolic OH excluding ortho intramolecular Hbond substituents is 1. The van der Waals surface area contributed by atoms with E-state index in [9.17, 15) is 9.90 Å². The lowest BCUT2D eigenvalue weighted by molar-refractivity contribution is 0.244. The molecule has 1 aromatic rings. The molecule has 0 unspecified atom stereocenters. The summed E-state index contributed by atoms with van der Waals surface area (Å²) in [5.41, 5.74) is 1.46. The molecule has 1 aromatic carbocycles. The molecule has 18 heavy (non-hydrogen) atoms. The molecule has 98 valence electrons. The fourth-order valence-electron chi connectivity index (χ4n) is 2.34. The van der Waals surface area contributed by atoms with Gasteiger partial charge in [0.05, 0.1) is 5.69 Å². The summed E-state index contributed by atoms with van der Waals surface area (Å²) in [7, 11) is 0. The van der Waals surface area contributed by atoms with E-state index < -0.39 is 0 Å². The van der Waals surface area contributed by atoms with Crippen LogP contribution in [0.5, 0.6) is 5.75 Å². The van der Waals surface area contributed by atoms with Crippen molar-refractivity contribution in [3.8, 4) is 5.75 Å². The summed E-state index contributed by atoms with van der Waals surface area (Å²) in [6.07, 6.45) is 5.72. The molecule has 0 aromatic heterocycles. The highest BCUT2D eigenvalue weighted by atomic mass is 16.3. The van der Waals surface area contributed by atoms with Crippen LogP contribution in [0, 0.1) is 6.92 Å². The van der Waals surface area contributed by atoms with Gasteiger partial charge in [-0.2, -0.15) is 0 Å². The molecule has 1 aliphatic rings. The van der Waals surface area contributed by atoms with Crippen molar-refractivity contribution in [3.05, 3.63) is 23.8 Å². The van der Waals surface area contributed by atoms with E-state index in [0.29, 0.717) is 5.69 Å². The van der Waals surface area contributed by atoms with E-state index in [4.69, 9.17) is 0 Å². The molecule has 1 fully saturated rings. The van der Waals surface area contributed by atoms with E-state index in [-0.39, 0.29) is 17.8 Å². The number of phenols is 1. The third kappa shape index (κ3) is 3.39. The second-order valence-electron chi connectivity index (χ2n) is 4.95. The number of carbonyl (C=O) groups is 1. The zero-order chi connectivity index (χ0) is 13.0. The van der Waals surface area contributed by atoms with Crippen molar-refractivity contribution < 1.29 is 9.90 Å². The molecule has 2 rings (SSSR count). The van der Waals surface area contributed by atoms with Crippen LogP contribution in [-0.4, -0.2) is 17.2 Å². The summed E-state index contributed by atoms with van der Waals surface area (Å²) in [5, 5.41) is 15.3. The minimum absolute atomic E-state index is 0.0967. The highest BCUT2D eigenvalue weighted by molar-refractivity contribution is 5.91. The van der Waals surface area contributed by atoms with Gasteiger partial charge in [0, 0.05) is 6.04 Å². The number of amides is 2. The maximum atomic E-state index is 11.8. The van der Waals surface area contributed by atoms with Crippen molar-refractivity contribution in [2.24, 2.45) is 0 Å². The Morgan fingerprint density at radius 1 is 1.28 bits per heavy atom. The Hall–Kier alpha value is -1.71. The molecule has 0 saturated heterocycles. The Bertz CT molecular complexity index is 426. The molecule has 4 nitrogen and oxygen atoms in total. The lowest BCUT2D eigenvalue weighted by Crippen LogP contribution is -2.39. The maximum Gasteiger partial charge on any atom is 0.319 e. The van der Waals surface area contributed by atoms with Crippen LogP contribution in [0.1, 0.15) is 37.7 Å². The van der Waals surface area contributed by atoms with Crippen LogP contribution in [0.25, 0.3) is 0 Å². The molecular formula is C14H20N2O2. The summed E-state index contributed by atoms with van der Waals surface area (Å²) < 4.78 is 0. The van der Waals surface area contributed by atoms with E-state index in [1.165, 1.54) is 19.3 Å². The van der Waals surface area contributed by atoms with Crippen LogP contribution in [0.2, 0.25) is 0 Å². The average Bonchev–Trinajstić information content (AvgIpc) is 2.35. The van der Waals surface area contributed by atoms with E-state index in [2.05, 4.69) is 10.6 Å². The number of benzene rings is 1. The topological polar surface area (TPSA) is 61.4 Å². The molecule has 0 heterocycles. The third-order valence-corrected chi connectivity index (χ3v) is 3.34. The molecule has 0 spiro atoms. The number of nitrogens with one attached hydrogen (secondary N) is 2. The number of rotatable bonds is 2. The van der Waals surface area contributed by atoms with Crippen LogP contribution < -0.4 is 10.6 Å². The highest BCUT2D eigenvalue weighted by Crippen LogP contribution is 2.24. The smallest absolute Gasteiger partial charge is 0.319 e. The van der Waals surface area contributed by atoms with Gasteiger partial charge in [-0.25, -0.2) is 4.79 Å². The number of urea groups is 1. The number of hydrogen-bond acceptors (Lipinski definition) is 2. The molecule has 4 heteroatoms. The van der Waals surface area contributed by atoms with Gasteiger partial charge in [0.2, 0.25) is 0 Å². The highest BCUT2D eigenvalue weighted by Gasteiger charge is 2.16. The van der Waals surface area contributed by atoms with Gasteiger partial charge in [-0.1, -0.05) is 25.3 Å². The Morgan fingerprint density at radius 3 is 2.72 bits per heavy atom. The minimum Gasteiger partial charge on any atom is -0.506 e. The zero-order valence-electron chi connectivity index (χ0n) is 10.7. The van der Waals surface area contributed by atoms with Gasteiger partial charge in [-0.05, 0) is 37.5 Å². The fourth-order valence-corrected chi connectivity index (χ4v) is 2.34. The minimum atomic E-state index is -0.234. The van der Waals surface area contributed by atoms with Crippen LogP contribution in [0.4, 0.5) is 10.5 Å². The number of carbonyl (C=O) groups excluding carboxylic acids is 1. The van der Waals surface area contributed by atoms with Crippen LogP contribution in [0.3, 0.4) is 0 Å². The lowest BCUT2D eigenvalue weighted by atomic mass is 9.96. The predicted molar refractivity (Wildman–Crippen MR) is 71.9 cm³/mol. The van der Waals surface area contributed by atoms with Gasteiger partial charge in [-0.15, -0.1) is 0 Å². The summed E-state index contributed by atoms with van der Waals surface area (Å²) in [4.78, 5) is 11.8. The second kappa shape index (κ2) is 5.76. The maximum absolute atomic E-state index is 11.8. The van der Waals surface area contributed by atoms with Crippen molar-refractivity contribution in [1.82, 2.24) is 5.32 Å². The first kappa shape index (κ1) is 12.7. The van der Waals surface area contributed by atoms with Crippen molar-refractivity contribution in [3.63, 3.8) is 0 Å². The summed E-state index contributed by atoms with van der Waals surface area (Å²) in [6.45, 7) is 1.92. The Kier molecular flexibility index (Phi) is 4.07. The van der Waals surface area contributed by atoms with Gasteiger partial charge in [0.25, 0.3) is 0 Å². The number of aromatic hydroxyl groups is 1. The van der Waals surface area contributed by atoms with E-state index in [0.717, 1.165) is 18.4 Å². The Labute approximate surface area is 107 Å². The first-order valence-corrected chi connectivity index (χ1v) is 6.52. The molecule has 1 aliphatic carbocycles. The van der Waals surface area contributed by atoms with Crippen LogP contribution in [0.15, 0.2) is 18.2 Å². The molecule has 0 radical (unpaired) electrons. The van der Waals surface area contributed by atoms with Gasteiger partial charge in [-0.3, -0.25) is 0 Å². The largest absolute Gasteiger partial charge is 0.506 e. The Balaban J connectivity index is 1.92. The fraction of sp³-hybridized carbons (Fsp3) is 0.500. The first-order valence-electron chi connectivity index (χ1n) is 6.52. The summed E-state index contributed by atoms with van der Waals surface area (Å²) >= 11 is 0. The molecule has 2 amide bonds. The standard InChI is InChI=1S/C14H20N2O2/c1-10-7-8-13(17)12(9-10)16-14(18)15-11-5-3-2-4-6-11/h7-9,11,17H,2-6H2,1H3,(H2,15,16,18). The van der Waals surface area contributed by atoms with Crippen molar-refractivity contribution in [1.29, 1.82) is 0 Å². The third-order valence-electron chi connectivity index (χ3n) is 3.34. The summed E-state index contributed by atoms with van der Waals surface area (Å²) in [6, 6.07) is 5.19. The first-order chi connectivity index (χ1) is 8.65. The molecule has 0 bridgehead atoms. The van der Waals surface area contributed by atoms with Crippen LogP contribution in [-0.2, 0) is 0 Å². The Morgan fingerprint density at radius 2 is 2.00 bits per heavy atom. The molecule has 3 N–H and O–H groups in total. The van der Waals surface area contributed by atoms with E-state index in [1.807, 2.05) is 6.92 Å².